The van der Waals surface area contributed by atoms with E-state index in [1.165, 1.54) is 6.33 Å². The monoisotopic (exact) mass is 122 g/mol. The lowest BCUT2D eigenvalue weighted by atomic mass is 10.6. The molecule has 0 unspecified atom stereocenters. The number of hydrogen-bond donors (Lipinski definition) is 1. The minimum Gasteiger partial charge on any atom is -0.342 e. The van der Waals surface area contributed by atoms with E-state index in [0.29, 0.717) is 5.65 Å². The molecule has 2 heterocycles. The molecule has 1 N–H and O–H groups in total. The van der Waals surface area contributed by atoms with Gasteiger partial charge in [0.25, 0.3) is 0 Å². The van der Waals surface area contributed by atoms with Crippen molar-refractivity contribution in [2.24, 2.45) is 0 Å². The minimum atomic E-state index is 0.713. The summed E-state index contributed by atoms with van der Waals surface area (Å²) in [6, 6.07) is 0. The molecular weight excluding hydrogens is 118 g/mol. The maximum Gasteiger partial charge on any atom is 0.180 e. The molecule has 0 spiro atoms. The molecule has 44 valence electrons. The van der Waals surface area contributed by atoms with Gasteiger partial charge in [-0.2, -0.15) is 0 Å². The first kappa shape index (κ1) is 4.43. The third kappa shape index (κ3) is 0.561. The van der Waals surface area contributed by atoms with Crippen molar-refractivity contribution in [1.29, 1.82) is 0 Å². The van der Waals surface area contributed by atoms with Crippen LogP contribution in [0.4, 0.5) is 0 Å². The molecule has 4 heteroatoms. The van der Waals surface area contributed by atoms with Crippen LogP contribution in [0.15, 0.2) is 18.9 Å². The Morgan fingerprint density at radius 2 is 2.56 bits per heavy atom. The van der Waals surface area contributed by atoms with Crippen molar-refractivity contribution >= 4 is 11.2 Å². The number of imidazole rings is 1. The van der Waals surface area contributed by atoms with Gasteiger partial charge in [-0.1, -0.05) is 0 Å². The van der Waals surface area contributed by atoms with Gasteiger partial charge in [0.15, 0.2) is 5.65 Å². The van der Waals surface area contributed by atoms with Gasteiger partial charge < -0.3 is 4.98 Å². The van der Waals surface area contributed by atoms with Crippen LogP contribution in [0.25, 0.3) is 11.2 Å². The Morgan fingerprint density at radius 1 is 1.56 bits per heavy atom. The molecule has 0 radical (unpaired) electrons. The van der Waals surface area contributed by atoms with Gasteiger partial charge >= 0.3 is 0 Å². The maximum absolute atomic E-state index is 3.91. The van der Waals surface area contributed by atoms with Gasteiger partial charge in [-0.25, -0.2) is 15.0 Å². The van der Waals surface area contributed by atoms with Gasteiger partial charge in [0.2, 0.25) is 0 Å². The fourth-order valence-electron chi connectivity index (χ4n) is 0.691. The summed E-state index contributed by atoms with van der Waals surface area (Å²) in [5.74, 6) is 0. The molecule has 0 amide bonds. The number of nitrogens with zero attached hydrogens (tertiary/aromatic N) is 3. The molecule has 0 bridgehead atoms. The van der Waals surface area contributed by atoms with E-state index >= 15 is 0 Å². The molecule has 0 aromatic carbocycles. The van der Waals surface area contributed by atoms with Gasteiger partial charge in [-0.3, -0.25) is 0 Å². The summed E-state index contributed by atoms with van der Waals surface area (Å²) in [5, 5.41) is 0. The lowest BCUT2D eigenvalue weighted by Gasteiger charge is -1.80. The third-order valence-electron chi connectivity index (χ3n) is 1.10. The lowest BCUT2D eigenvalue weighted by Crippen LogP contribution is -1.76. The Kier molecular flexibility index (Phi) is 0.745. The Hall–Kier alpha value is -1.45. The molecule has 0 atom stereocenters. The summed E-state index contributed by atoms with van der Waals surface area (Å²) in [5.41, 5.74) is 1.59. The van der Waals surface area contributed by atoms with E-state index in [2.05, 4.69) is 19.9 Å². The molecule has 0 saturated heterocycles. The van der Waals surface area contributed by atoms with E-state index in [1.807, 2.05) is 0 Å². The van der Waals surface area contributed by atoms with Gasteiger partial charge in [0.05, 0.1) is 12.5 Å². The molecule has 0 fully saturated rings. The lowest BCUT2D eigenvalue weighted by molar-refractivity contribution is 1.20. The Balaban J connectivity index is 2.95. The number of rotatable bonds is 0. The van der Waals surface area contributed by atoms with Crippen LogP contribution in [0.1, 0.15) is 0 Å². The summed E-state index contributed by atoms with van der Waals surface area (Å²) in [4.78, 5) is 14.5. The number of aromatic amines is 1. The van der Waals surface area contributed by atoms with Crippen molar-refractivity contribution in [3.63, 3.8) is 0 Å². The van der Waals surface area contributed by atoms with Crippen molar-refractivity contribution < 1.29 is 0 Å². The maximum atomic E-state index is 3.91. The summed E-state index contributed by atoms with van der Waals surface area (Å²) < 4.78 is 0. The molecule has 0 aliphatic rings. The van der Waals surface area contributed by atoms with Crippen molar-refractivity contribution in [3.8, 4) is 0 Å². The Labute approximate surface area is 51.0 Å². The van der Waals surface area contributed by atoms with Crippen LogP contribution in [-0.4, -0.2) is 19.9 Å². The topological polar surface area (TPSA) is 54.5 Å². The largest absolute Gasteiger partial charge is 0.342 e. The van der Waals surface area contributed by atoms with Crippen molar-refractivity contribution in [3.05, 3.63) is 18.9 Å². The van der Waals surface area contributed by atoms with Gasteiger partial charge in [-0.05, 0) is 0 Å². The molecule has 9 heavy (non-hydrogen) atoms. The fraction of sp³-hybridized carbons (Fsp3) is 0. The molecule has 2 aromatic heterocycles. The van der Waals surface area contributed by atoms with Crippen LogP contribution in [0.3, 0.4) is 0 Å². The second kappa shape index (κ2) is 1.51. The van der Waals surface area contributed by atoms with Crippen LogP contribution in [-0.2, 0) is 0 Å². The first-order chi connectivity index (χ1) is 4.47. The average molecular weight is 122 g/mol. The van der Waals surface area contributed by atoms with Crippen molar-refractivity contribution in [2.75, 3.05) is 0 Å². The predicted molar refractivity (Wildman–Crippen MR) is 31.7 cm³/mol. The highest BCUT2D eigenvalue weighted by Crippen LogP contribution is 1.99. The molecular formula is C5H4N4. The van der Waals surface area contributed by atoms with E-state index in [-0.39, 0.29) is 0 Å². The zero-order chi connectivity index (χ0) is 6.10. The van der Waals surface area contributed by atoms with Crippen molar-refractivity contribution in [1.82, 2.24) is 19.9 Å². The molecule has 2 rings (SSSR count). The summed E-state index contributed by atoms with van der Waals surface area (Å²) in [6.07, 6.45) is 4.76. The average Bonchev–Trinajstić information content (AvgIpc) is 2.33. The molecule has 0 saturated carbocycles. The molecule has 4 nitrogen and oxygen atoms in total. The number of H-pyrrole nitrogens is 1. The SMILES string of the molecule is c1nc2n[14cH]ncc2[nH]1. The van der Waals surface area contributed by atoms with Crippen LogP contribution in [0.5, 0.6) is 0 Å². The first-order valence-corrected chi connectivity index (χ1v) is 2.56. The summed E-state index contributed by atoms with van der Waals surface area (Å²) in [7, 11) is 0. The van der Waals surface area contributed by atoms with Crippen LogP contribution in [0.2, 0.25) is 0 Å². The van der Waals surface area contributed by atoms with E-state index in [4.69, 9.17) is 0 Å². The third-order valence-corrected chi connectivity index (χ3v) is 1.10. The number of fused-ring (bicyclic) bond motifs is 1. The smallest absolute Gasteiger partial charge is 0.180 e. The quantitative estimate of drug-likeness (QED) is 0.548. The Bertz CT molecular complexity index is 283. The standard InChI is InChI=1S/C5H4N4/c1-4-5(8-2-6-1)9-3-7-4/h1-3H,(H,6,7,8,9)/i2+2. The minimum absolute atomic E-state index is 0.713. The number of nitrogens with one attached hydrogen (secondary N) is 1. The summed E-state index contributed by atoms with van der Waals surface area (Å²) in [6.45, 7) is 0. The van der Waals surface area contributed by atoms with Gasteiger partial charge in [-0.15, -0.1) is 0 Å². The second-order valence-corrected chi connectivity index (χ2v) is 1.66. The van der Waals surface area contributed by atoms with Crippen LogP contribution in [0, 0.1) is 0 Å². The van der Waals surface area contributed by atoms with E-state index in [0.717, 1.165) is 5.52 Å². The fourth-order valence-corrected chi connectivity index (χ4v) is 0.691. The highest BCUT2D eigenvalue weighted by molar-refractivity contribution is 5.67. The summed E-state index contributed by atoms with van der Waals surface area (Å²) >= 11 is 0. The second-order valence-electron chi connectivity index (χ2n) is 1.66. The first-order valence-electron chi connectivity index (χ1n) is 2.56. The zero-order valence-electron chi connectivity index (χ0n) is 4.57. The number of hydrogen-bond acceptors (Lipinski definition) is 3. The number of aromatic nitrogens is 4. The van der Waals surface area contributed by atoms with E-state index < -0.39 is 0 Å². The van der Waals surface area contributed by atoms with Gasteiger partial charge in [0.1, 0.15) is 11.8 Å². The van der Waals surface area contributed by atoms with E-state index in [1.54, 1.807) is 12.5 Å². The van der Waals surface area contributed by atoms with Crippen LogP contribution >= 0.6 is 0 Å². The molecule has 0 aliphatic heterocycles. The Morgan fingerprint density at radius 3 is 3.44 bits per heavy atom. The predicted octanol–water partition coefficient (Wildman–Crippen LogP) is 0.353. The van der Waals surface area contributed by atoms with Gasteiger partial charge in [0, 0.05) is 0 Å². The highest BCUT2D eigenvalue weighted by atomic mass is 15.3. The zero-order valence-corrected chi connectivity index (χ0v) is 4.57. The molecule has 2 aromatic rings. The normalized spacial score (nSPS) is 10.2. The molecule has 0 aliphatic carbocycles. The van der Waals surface area contributed by atoms with E-state index in [9.17, 15) is 0 Å². The highest BCUT2D eigenvalue weighted by Gasteiger charge is 1.91. The van der Waals surface area contributed by atoms with Crippen molar-refractivity contribution in [2.45, 2.75) is 0 Å². The van der Waals surface area contributed by atoms with Crippen LogP contribution < -0.4 is 0 Å².